The molecule has 140 valence electrons. The van der Waals surface area contributed by atoms with Crippen molar-refractivity contribution in [1.82, 2.24) is 20.8 Å². The first-order chi connectivity index (χ1) is 13.1. The van der Waals surface area contributed by atoms with Gasteiger partial charge in [0.25, 0.3) is 5.91 Å². The van der Waals surface area contributed by atoms with Gasteiger partial charge in [-0.1, -0.05) is 30.3 Å². The fourth-order valence-corrected chi connectivity index (χ4v) is 4.40. The minimum absolute atomic E-state index is 0.296. The van der Waals surface area contributed by atoms with Gasteiger partial charge in [0, 0.05) is 11.4 Å². The van der Waals surface area contributed by atoms with Gasteiger partial charge in [-0.25, -0.2) is 0 Å². The lowest BCUT2D eigenvalue weighted by atomic mass is 9.79. The molecule has 1 saturated heterocycles. The highest BCUT2D eigenvalue weighted by Crippen LogP contribution is 2.32. The maximum Gasteiger partial charge on any atom is 0.272 e. The van der Waals surface area contributed by atoms with Crippen molar-refractivity contribution >= 4 is 17.2 Å². The van der Waals surface area contributed by atoms with Gasteiger partial charge >= 0.3 is 0 Å². The summed E-state index contributed by atoms with van der Waals surface area (Å²) in [5.74, 6) is -0.296. The predicted molar refractivity (Wildman–Crippen MR) is 106 cm³/mol. The molecule has 4 N–H and O–H groups in total. The number of β-amino-alcohol motifs (C(OH)–C–C–N with tert-alkyl or cyclic N) is 1. The van der Waals surface area contributed by atoms with E-state index in [4.69, 9.17) is 0 Å². The lowest BCUT2D eigenvalue weighted by Gasteiger charge is -2.42. The van der Waals surface area contributed by atoms with E-state index in [9.17, 15) is 9.90 Å². The number of piperidine rings is 1. The van der Waals surface area contributed by atoms with Gasteiger partial charge in [0.15, 0.2) is 5.69 Å². The molecule has 0 saturated carbocycles. The van der Waals surface area contributed by atoms with Gasteiger partial charge in [0.2, 0.25) is 0 Å². The number of thiophene rings is 1. The zero-order valence-electron chi connectivity index (χ0n) is 15.0. The Labute approximate surface area is 161 Å². The summed E-state index contributed by atoms with van der Waals surface area (Å²) in [6, 6.07) is 15.5. The molecule has 0 bridgehead atoms. The second-order valence-electron chi connectivity index (χ2n) is 6.84. The Bertz CT molecular complexity index is 936. The third-order valence-electron chi connectivity index (χ3n) is 5.04. The van der Waals surface area contributed by atoms with E-state index >= 15 is 0 Å². The zero-order valence-corrected chi connectivity index (χ0v) is 15.8. The number of nitrogens with zero attached hydrogens (tertiary/aromatic N) is 1. The molecule has 0 radical (unpaired) electrons. The molecule has 3 heterocycles. The molecule has 2 aromatic heterocycles. The van der Waals surface area contributed by atoms with Crippen LogP contribution in [0.25, 0.3) is 10.6 Å². The minimum atomic E-state index is -0.831. The Morgan fingerprint density at radius 3 is 2.81 bits per heavy atom. The SMILES string of the molecule is Cc1ccc(-c2cc(C(=O)N[C@@]3(c4ccccc4)CCNC[C@H]3O)n[nH]2)s1. The number of aliphatic hydroxyl groups is 1. The number of aromatic amines is 1. The third-order valence-corrected chi connectivity index (χ3v) is 6.08. The highest BCUT2D eigenvalue weighted by Gasteiger charge is 2.43. The number of aromatic nitrogens is 2. The first-order valence-corrected chi connectivity index (χ1v) is 9.79. The molecule has 1 fully saturated rings. The largest absolute Gasteiger partial charge is 0.389 e. The van der Waals surface area contributed by atoms with E-state index in [-0.39, 0.29) is 5.91 Å². The van der Waals surface area contributed by atoms with Crippen LogP contribution >= 0.6 is 11.3 Å². The molecule has 0 unspecified atom stereocenters. The van der Waals surface area contributed by atoms with Crippen LogP contribution in [0.3, 0.4) is 0 Å². The number of carbonyl (C=O) groups is 1. The summed E-state index contributed by atoms with van der Waals surface area (Å²) in [6.07, 6.45) is -0.123. The van der Waals surface area contributed by atoms with Crippen LogP contribution in [-0.4, -0.2) is 40.4 Å². The van der Waals surface area contributed by atoms with E-state index in [1.807, 2.05) is 49.4 Å². The Kier molecular flexibility index (Phi) is 4.82. The molecule has 1 aliphatic rings. The molecule has 0 spiro atoms. The molecule has 1 aromatic carbocycles. The zero-order chi connectivity index (χ0) is 18.9. The minimum Gasteiger partial charge on any atom is -0.389 e. The summed E-state index contributed by atoms with van der Waals surface area (Å²) >= 11 is 1.65. The maximum absolute atomic E-state index is 13.0. The molecule has 1 aliphatic heterocycles. The number of rotatable bonds is 4. The number of benzene rings is 1. The molecular weight excluding hydrogens is 360 g/mol. The molecular formula is C20H22N4O2S. The molecule has 27 heavy (non-hydrogen) atoms. The monoisotopic (exact) mass is 382 g/mol. The van der Waals surface area contributed by atoms with E-state index < -0.39 is 11.6 Å². The van der Waals surface area contributed by atoms with E-state index in [1.54, 1.807) is 17.4 Å². The van der Waals surface area contributed by atoms with Crippen LogP contribution in [0.4, 0.5) is 0 Å². The van der Waals surface area contributed by atoms with Crippen LogP contribution in [0, 0.1) is 6.92 Å². The van der Waals surface area contributed by atoms with E-state index in [0.29, 0.717) is 25.2 Å². The molecule has 1 amide bonds. The van der Waals surface area contributed by atoms with Gasteiger partial charge in [0.05, 0.1) is 22.2 Å². The number of amides is 1. The molecule has 7 heteroatoms. The van der Waals surface area contributed by atoms with Crippen molar-refractivity contribution in [2.24, 2.45) is 0 Å². The number of hydrogen-bond acceptors (Lipinski definition) is 5. The average molecular weight is 382 g/mol. The number of nitrogens with one attached hydrogen (secondary N) is 3. The van der Waals surface area contributed by atoms with E-state index in [1.165, 1.54) is 4.88 Å². The first-order valence-electron chi connectivity index (χ1n) is 8.97. The van der Waals surface area contributed by atoms with Crippen LogP contribution in [0.2, 0.25) is 0 Å². The summed E-state index contributed by atoms with van der Waals surface area (Å²) in [5, 5.41) is 24.1. The van der Waals surface area contributed by atoms with Crippen LogP contribution in [0.1, 0.15) is 27.3 Å². The molecule has 2 atom stereocenters. The predicted octanol–water partition coefficient (Wildman–Crippen LogP) is 2.43. The smallest absolute Gasteiger partial charge is 0.272 e. The highest BCUT2D eigenvalue weighted by atomic mass is 32.1. The molecule has 0 aliphatic carbocycles. The average Bonchev–Trinajstić information content (AvgIpc) is 3.33. The fraction of sp³-hybridized carbons (Fsp3) is 0.300. The number of carbonyl (C=O) groups excluding carboxylic acids is 1. The van der Waals surface area contributed by atoms with Crippen LogP contribution < -0.4 is 10.6 Å². The standard InChI is InChI=1S/C20H22N4O2S/c1-13-7-8-17(27-13)15-11-16(24-23-15)19(26)22-20(9-10-21-12-18(20)25)14-5-3-2-4-6-14/h2-8,11,18,21,25H,9-10,12H2,1H3,(H,22,26)(H,23,24)/t18-,20-/m1/s1. The van der Waals surface area contributed by atoms with E-state index in [2.05, 4.69) is 20.8 Å². The van der Waals surface area contributed by atoms with Crippen LogP contribution in [0.15, 0.2) is 48.5 Å². The second-order valence-corrected chi connectivity index (χ2v) is 8.13. The van der Waals surface area contributed by atoms with Crippen molar-refractivity contribution in [3.8, 4) is 10.6 Å². The topological polar surface area (TPSA) is 90.0 Å². The number of aryl methyl sites for hydroxylation is 1. The number of aliphatic hydroxyl groups excluding tert-OH is 1. The summed E-state index contributed by atoms with van der Waals surface area (Å²) in [7, 11) is 0. The Morgan fingerprint density at radius 1 is 1.30 bits per heavy atom. The lowest BCUT2D eigenvalue weighted by molar-refractivity contribution is 0.0288. The van der Waals surface area contributed by atoms with Gasteiger partial charge in [0.1, 0.15) is 0 Å². The van der Waals surface area contributed by atoms with Gasteiger partial charge in [-0.05, 0) is 43.7 Å². The normalized spacial score (nSPS) is 22.5. The van der Waals surface area contributed by atoms with Gasteiger partial charge in [-0.3, -0.25) is 9.89 Å². The third kappa shape index (κ3) is 3.41. The summed E-state index contributed by atoms with van der Waals surface area (Å²) in [6.45, 7) is 3.18. The van der Waals surface area contributed by atoms with Crippen molar-refractivity contribution in [1.29, 1.82) is 0 Å². The molecule has 6 nitrogen and oxygen atoms in total. The van der Waals surface area contributed by atoms with Gasteiger partial charge < -0.3 is 15.7 Å². The summed E-state index contributed by atoms with van der Waals surface area (Å²) < 4.78 is 0. The number of H-pyrrole nitrogens is 1. The van der Waals surface area contributed by atoms with Crippen LogP contribution in [0.5, 0.6) is 0 Å². The Hall–Kier alpha value is -2.48. The fourth-order valence-electron chi connectivity index (χ4n) is 3.57. The van der Waals surface area contributed by atoms with Crippen LogP contribution in [-0.2, 0) is 5.54 Å². The lowest BCUT2D eigenvalue weighted by Crippen LogP contribution is -2.61. The second kappa shape index (κ2) is 7.26. The summed E-state index contributed by atoms with van der Waals surface area (Å²) in [5.41, 5.74) is 1.20. The highest BCUT2D eigenvalue weighted by molar-refractivity contribution is 7.15. The Morgan fingerprint density at radius 2 is 2.11 bits per heavy atom. The Balaban J connectivity index is 1.62. The van der Waals surface area contributed by atoms with Gasteiger partial charge in [-0.2, -0.15) is 5.10 Å². The van der Waals surface area contributed by atoms with Crippen molar-refractivity contribution in [3.05, 3.63) is 64.7 Å². The summed E-state index contributed by atoms with van der Waals surface area (Å²) in [4.78, 5) is 15.2. The molecule has 4 rings (SSSR count). The van der Waals surface area contributed by atoms with Gasteiger partial charge in [-0.15, -0.1) is 11.3 Å². The molecule has 3 aromatic rings. The first kappa shape index (κ1) is 17.9. The van der Waals surface area contributed by atoms with Crippen molar-refractivity contribution in [3.63, 3.8) is 0 Å². The van der Waals surface area contributed by atoms with Crippen molar-refractivity contribution in [2.75, 3.05) is 13.1 Å². The van der Waals surface area contributed by atoms with Crippen molar-refractivity contribution in [2.45, 2.75) is 25.0 Å². The number of hydrogen-bond donors (Lipinski definition) is 4. The van der Waals surface area contributed by atoms with Crippen molar-refractivity contribution < 1.29 is 9.90 Å². The quantitative estimate of drug-likeness (QED) is 0.558. The maximum atomic E-state index is 13.0. The van der Waals surface area contributed by atoms with E-state index in [0.717, 1.165) is 16.1 Å².